The molecule has 0 saturated heterocycles. The van der Waals surface area contributed by atoms with Crippen LogP contribution in [0.3, 0.4) is 0 Å². The average Bonchev–Trinajstić information content (AvgIpc) is 3.61. The van der Waals surface area contributed by atoms with Gasteiger partial charge in [-0.25, -0.2) is 0 Å². The average molecular weight is 688 g/mol. The molecule has 0 aliphatic carbocycles. The van der Waals surface area contributed by atoms with E-state index < -0.39 is 0 Å². The van der Waals surface area contributed by atoms with Crippen LogP contribution < -0.4 is 24.8 Å². The number of fused-ring (bicyclic) bond motifs is 4. The summed E-state index contributed by atoms with van der Waals surface area (Å²) in [6, 6.07) is 52.6. The molecule has 0 spiro atoms. The first-order valence-corrected chi connectivity index (χ1v) is 20.0. The minimum absolute atomic E-state index is 0. The van der Waals surface area contributed by atoms with Crippen molar-refractivity contribution in [2.75, 3.05) is 0 Å². The second-order valence-electron chi connectivity index (χ2n) is 11.8. The Bertz CT molecular complexity index is 2100. The topological polar surface area (TPSA) is 0 Å². The van der Waals surface area contributed by atoms with Crippen LogP contribution >= 0.6 is 0 Å². The quantitative estimate of drug-likeness (QED) is 0.151. The van der Waals surface area contributed by atoms with Crippen molar-refractivity contribution in [2.45, 2.75) is 26.9 Å². The third kappa shape index (κ3) is 8.10. The van der Waals surface area contributed by atoms with Crippen molar-refractivity contribution >= 4 is 49.3 Å². The van der Waals surface area contributed by atoms with Gasteiger partial charge in [-0.05, 0) is 44.8 Å². The molecular weight excluding hydrogens is 651 g/mol. The molecule has 0 aliphatic heterocycles. The fraction of sp³-hybridized carbons (Fsp3) is 0.0952. The van der Waals surface area contributed by atoms with Crippen LogP contribution in [0.15, 0.2) is 146 Å². The SMILES string of the molecule is C[Si](C)=[Ti+2].Cc1cc2c(-c3ccc4ccccc4c3)cccc2[cH-]1.Cc1cc2c(-c3ccc4ccccc4c3)cccc2[cH-]1.[Cl-].[Cl-]. The predicted molar refractivity (Wildman–Crippen MR) is 192 cm³/mol. The van der Waals surface area contributed by atoms with Crippen LogP contribution in [-0.4, -0.2) is 6.19 Å². The Kier molecular flexibility index (Phi) is 12.3. The summed E-state index contributed by atoms with van der Waals surface area (Å²) in [5, 5.41) is 10.5. The molecule has 46 heavy (non-hydrogen) atoms. The number of hydrogen-bond acceptors (Lipinski definition) is 0. The van der Waals surface area contributed by atoms with Crippen molar-refractivity contribution < 1.29 is 44.0 Å². The van der Waals surface area contributed by atoms with E-state index in [1.807, 2.05) is 0 Å². The molecule has 0 heterocycles. The van der Waals surface area contributed by atoms with E-state index in [1.165, 1.54) is 76.5 Å². The number of halogens is 2. The van der Waals surface area contributed by atoms with Gasteiger partial charge in [0.05, 0.1) is 0 Å². The summed E-state index contributed by atoms with van der Waals surface area (Å²) >= 11 is 2.27. The molecule has 8 aromatic rings. The number of aryl methyl sites for hydroxylation is 2. The molecular formula is C42H36Cl2SiTi-2. The molecule has 0 unspecified atom stereocenters. The molecule has 0 amide bonds. The standard InChI is InChI=1S/2C20H15.C2H6Si.2ClH.Ti/c2*1-14-11-17-7-4-8-19(20(17)12-14)18-10-9-15-5-2-3-6-16(15)13-18;1-3-2;;;/h2*2-13H,1H3;1-2H3;2*1H;/q2*-1;;;;+2/p-2. The molecule has 8 aromatic carbocycles. The zero-order valence-corrected chi connectivity index (χ0v) is 30.7. The van der Waals surface area contributed by atoms with E-state index in [4.69, 9.17) is 0 Å². The molecule has 0 fully saturated rings. The molecule has 0 atom stereocenters. The maximum absolute atomic E-state index is 2.28. The number of hydrogen-bond donors (Lipinski definition) is 0. The van der Waals surface area contributed by atoms with E-state index in [0.29, 0.717) is 0 Å². The van der Waals surface area contributed by atoms with Crippen LogP contribution in [0.4, 0.5) is 0 Å². The van der Waals surface area contributed by atoms with E-state index in [-0.39, 0.29) is 31.0 Å². The van der Waals surface area contributed by atoms with Crippen LogP contribution in [0.5, 0.6) is 0 Å². The summed E-state index contributed by atoms with van der Waals surface area (Å²) in [6.45, 7) is 8.85. The maximum atomic E-state index is 2.28. The van der Waals surface area contributed by atoms with Crippen molar-refractivity contribution in [3.8, 4) is 22.3 Å². The third-order valence-electron chi connectivity index (χ3n) is 7.91. The molecule has 0 aromatic heterocycles. The first kappa shape index (κ1) is 35.4. The number of rotatable bonds is 2. The summed E-state index contributed by atoms with van der Waals surface area (Å²) in [6.07, 6.45) is 0.120. The van der Waals surface area contributed by atoms with E-state index in [1.54, 1.807) is 0 Å². The predicted octanol–water partition coefficient (Wildman–Crippen LogP) is 6.17. The Hall–Kier alpha value is -3.43. The molecule has 4 heteroatoms. The van der Waals surface area contributed by atoms with Crippen molar-refractivity contribution in [3.63, 3.8) is 0 Å². The van der Waals surface area contributed by atoms with E-state index >= 15 is 0 Å². The van der Waals surface area contributed by atoms with Crippen LogP contribution in [0.1, 0.15) is 11.1 Å². The smallest absolute Gasteiger partial charge is 0.0178 e. The Morgan fingerprint density at radius 1 is 0.457 bits per heavy atom. The van der Waals surface area contributed by atoms with Gasteiger partial charge in [-0.15, -0.1) is 69.1 Å². The van der Waals surface area contributed by atoms with E-state index in [2.05, 4.69) is 192 Å². The normalized spacial score (nSPS) is 10.4. The first-order valence-electron chi connectivity index (χ1n) is 15.2. The van der Waals surface area contributed by atoms with Crippen LogP contribution in [0, 0.1) is 13.8 Å². The molecule has 0 nitrogen and oxygen atoms in total. The Morgan fingerprint density at radius 2 is 0.826 bits per heavy atom. The molecule has 8 rings (SSSR count). The molecule has 228 valence electrons. The second-order valence-corrected chi connectivity index (χ2v) is 18.5. The largest absolute Gasteiger partial charge is 1.00 e. The Balaban J connectivity index is 0.000000180. The van der Waals surface area contributed by atoms with Crippen LogP contribution in [0.2, 0.25) is 13.1 Å². The summed E-state index contributed by atoms with van der Waals surface area (Å²) in [5.74, 6) is 0. The van der Waals surface area contributed by atoms with Crippen molar-refractivity contribution in [1.29, 1.82) is 0 Å². The van der Waals surface area contributed by atoms with Gasteiger partial charge in [0.1, 0.15) is 0 Å². The third-order valence-corrected chi connectivity index (χ3v) is 7.91. The molecule has 0 bridgehead atoms. The van der Waals surface area contributed by atoms with E-state index in [9.17, 15) is 0 Å². The van der Waals surface area contributed by atoms with E-state index in [0.717, 1.165) is 0 Å². The van der Waals surface area contributed by atoms with Gasteiger partial charge in [-0.1, -0.05) is 110 Å². The van der Waals surface area contributed by atoms with Gasteiger partial charge in [-0.2, -0.15) is 12.1 Å². The Labute approximate surface area is 297 Å². The molecule has 0 aliphatic rings. The van der Waals surface area contributed by atoms with Crippen LogP contribution in [0.25, 0.3) is 65.3 Å². The van der Waals surface area contributed by atoms with Gasteiger partial charge >= 0.3 is 38.5 Å². The maximum Gasteiger partial charge on any atom is -0.0178 e. The summed E-state index contributed by atoms with van der Waals surface area (Å²) in [4.78, 5) is 0. The van der Waals surface area contributed by atoms with Gasteiger partial charge < -0.3 is 24.8 Å². The van der Waals surface area contributed by atoms with Gasteiger partial charge in [0.25, 0.3) is 0 Å². The second kappa shape index (κ2) is 15.9. The Morgan fingerprint density at radius 3 is 1.22 bits per heavy atom. The fourth-order valence-corrected chi connectivity index (χ4v) is 5.99. The summed E-state index contributed by atoms with van der Waals surface area (Å²) in [5.41, 5.74) is 7.88. The minimum Gasteiger partial charge on any atom is -1.00 e. The summed E-state index contributed by atoms with van der Waals surface area (Å²) in [7, 11) is 0. The zero-order chi connectivity index (χ0) is 30.6. The summed E-state index contributed by atoms with van der Waals surface area (Å²) < 4.78 is 0. The van der Waals surface area contributed by atoms with Gasteiger partial charge in [0.15, 0.2) is 0 Å². The van der Waals surface area contributed by atoms with Crippen molar-refractivity contribution in [3.05, 3.63) is 157 Å². The molecule has 0 radical (unpaired) electrons. The molecule has 0 saturated carbocycles. The first-order chi connectivity index (χ1) is 21.4. The van der Waals surface area contributed by atoms with Gasteiger partial charge in [0.2, 0.25) is 0 Å². The monoisotopic (exact) mass is 686 g/mol. The van der Waals surface area contributed by atoms with Gasteiger partial charge in [-0.3, -0.25) is 0 Å². The minimum atomic E-state index is 0. The number of benzene rings is 6. The van der Waals surface area contributed by atoms with Gasteiger partial charge in [0, 0.05) is 0 Å². The van der Waals surface area contributed by atoms with Crippen LogP contribution in [-0.2, 0) is 19.2 Å². The van der Waals surface area contributed by atoms with Crippen molar-refractivity contribution in [1.82, 2.24) is 0 Å². The zero-order valence-electron chi connectivity index (χ0n) is 26.6. The molecule has 0 N–H and O–H groups in total. The fourth-order valence-electron chi connectivity index (χ4n) is 5.99. The van der Waals surface area contributed by atoms with Crippen molar-refractivity contribution in [2.24, 2.45) is 0 Å².